The number of carboxylic acids is 1. The van der Waals surface area contributed by atoms with Crippen molar-refractivity contribution in [2.24, 2.45) is 7.05 Å². The van der Waals surface area contributed by atoms with E-state index in [0.717, 1.165) is 16.7 Å². The van der Waals surface area contributed by atoms with Crippen LogP contribution >= 0.6 is 0 Å². The number of benzene rings is 1. The van der Waals surface area contributed by atoms with E-state index in [4.69, 9.17) is 5.11 Å². The van der Waals surface area contributed by atoms with Crippen LogP contribution in [0.4, 0.5) is 5.69 Å². The molecule has 0 fully saturated rings. The summed E-state index contributed by atoms with van der Waals surface area (Å²) < 4.78 is 0.970. The van der Waals surface area contributed by atoms with E-state index in [0.29, 0.717) is 0 Å². The number of nitro benzene ring substituents is 1. The molecule has 120 valence electrons. The molecule has 1 aromatic heterocycles. The number of aliphatic carboxylic acids is 1. The maximum Gasteiger partial charge on any atom is 0.322 e. The zero-order chi connectivity index (χ0) is 17.3. The van der Waals surface area contributed by atoms with Crippen LogP contribution in [-0.2, 0) is 11.8 Å². The molecule has 0 aliphatic rings. The van der Waals surface area contributed by atoms with Crippen molar-refractivity contribution >= 4 is 28.5 Å². The molecule has 0 aliphatic carbocycles. The number of aromatic nitrogens is 1. The lowest BCUT2D eigenvalue weighted by Crippen LogP contribution is -2.35. The summed E-state index contributed by atoms with van der Waals surface area (Å²) in [4.78, 5) is 44.7. The smallest absolute Gasteiger partial charge is 0.322 e. The molecule has 0 spiro atoms. The second kappa shape index (κ2) is 5.75. The van der Waals surface area contributed by atoms with Gasteiger partial charge in [0.05, 0.1) is 10.4 Å². The van der Waals surface area contributed by atoms with Gasteiger partial charge in [0.15, 0.2) is 0 Å². The number of carbonyl (C=O) groups is 2. The Morgan fingerprint density at radius 3 is 2.61 bits per heavy atom. The predicted molar refractivity (Wildman–Crippen MR) is 77.5 cm³/mol. The molecular weight excluding hydrogens is 310 g/mol. The fourth-order valence-corrected chi connectivity index (χ4v) is 2.07. The number of hydrogen-bond acceptors (Lipinski definition) is 6. The summed E-state index contributed by atoms with van der Waals surface area (Å²) in [7, 11) is 1.28. The third-order valence-electron chi connectivity index (χ3n) is 3.19. The van der Waals surface area contributed by atoms with E-state index in [-0.39, 0.29) is 16.6 Å². The van der Waals surface area contributed by atoms with Crippen molar-refractivity contribution < 1.29 is 24.7 Å². The topological polar surface area (TPSA) is 152 Å². The highest BCUT2D eigenvalue weighted by Gasteiger charge is 2.22. The zero-order valence-electron chi connectivity index (χ0n) is 11.8. The van der Waals surface area contributed by atoms with Crippen molar-refractivity contribution in [3.05, 3.63) is 44.2 Å². The van der Waals surface area contributed by atoms with Gasteiger partial charge in [-0.25, -0.2) is 0 Å². The number of nitrogens with zero attached hydrogens (tertiary/aromatic N) is 2. The SMILES string of the molecule is Cn1c(=O)c(C(=O)NCC(=O)O)c(O)c2ccc([N+](=O)[O-])cc21. The number of nitro groups is 1. The molecule has 1 amide bonds. The average Bonchev–Trinajstić information content (AvgIpc) is 2.50. The van der Waals surface area contributed by atoms with Gasteiger partial charge in [0, 0.05) is 24.6 Å². The molecule has 0 radical (unpaired) electrons. The van der Waals surface area contributed by atoms with E-state index in [2.05, 4.69) is 0 Å². The first-order valence-electron chi connectivity index (χ1n) is 6.24. The van der Waals surface area contributed by atoms with Gasteiger partial charge < -0.3 is 20.1 Å². The molecule has 0 unspecified atom stereocenters. The molecule has 10 nitrogen and oxygen atoms in total. The minimum atomic E-state index is -1.31. The van der Waals surface area contributed by atoms with Gasteiger partial charge in [-0.1, -0.05) is 0 Å². The number of pyridine rings is 1. The Morgan fingerprint density at radius 1 is 1.39 bits per heavy atom. The normalized spacial score (nSPS) is 10.5. The second-order valence-electron chi connectivity index (χ2n) is 4.62. The molecule has 3 N–H and O–H groups in total. The monoisotopic (exact) mass is 321 g/mol. The van der Waals surface area contributed by atoms with Crippen LogP contribution < -0.4 is 10.9 Å². The molecule has 0 atom stereocenters. The number of carbonyl (C=O) groups excluding carboxylic acids is 1. The van der Waals surface area contributed by atoms with Crippen molar-refractivity contribution in [1.29, 1.82) is 0 Å². The van der Waals surface area contributed by atoms with Crippen molar-refractivity contribution in [2.75, 3.05) is 6.54 Å². The lowest BCUT2D eigenvalue weighted by molar-refractivity contribution is -0.384. The van der Waals surface area contributed by atoms with Crippen LogP contribution in [0.25, 0.3) is 10.9 Å². The summed E-state index contributed by atoms with van der Waals surface area (Å²) in [6.45, 7) is -0.722. The van der Waals surface area contributed by atoms with Crippen LogP contribution in [0.15, 0.2) is 23.0 Å². The van der Waals surface area contributed by atoms with Crippen LogP contribution in [0.2, 0.25) is 0 Å². The standard InChI is InChI=1S/C13H11N3O7/c1-15-8-4-6(16(22)23)2-3-7(8)11(19)10(13(15)21)12(20)14-5-9(17)18/h2-4,19H,5H2,1H3,(H,14,20)(H,17,18). The highest BCUT2D eigenvalue weighted by molar-refractivity contribution is 6.03. The maximum atomic E-state index is 12.2. The van der Waals surface area contributed by atoms with Crippen LogP contribution in [0.5, 0.6) is 5.75 Å². The Kier molecular flexibility index (Phi) is 3.99. The van der Waals surface area contributed by atoms with Gasteiger partial charge in [-0.15, -0.1) is 0 Å². The van der Waals surface area contributed by atoms with E-state index in [1.54, 1.807) is 0 Å². The Labute approximate surface area is 127 Å². The van der Waals surface area contributed by atoms with Crippen molar-refractivity contribution in [3.8, 4) is 5.75 Å². The largest absolute Gasteiger partial charge is 0.506 e. The summed E-state index contributed by atoms with van der Waals surface area (Å²) >= 11 is 0. The molecule has 2 aromatic rings. The number of fused-ring (bicyclic) bond motifs is 1. The molecule has 23 heavy (non-hydrogen) atoms. The Morgan fingerprint density at radius 2 is 2.04 bits per heavy atom. The lowest BCUT2D eigenvalue weighted by Gasteiger charge is -2.11. The van der Waals surface area contributed by atoms with Crippen LogP contribution in [0.3, 0.4) is 0 Å². The van der Waals surface area contributed by atoms with Gasteiger partial charge in [0.25, 0.3) is 17.2 Å². The second-order valence-corrected chi connectivity index (χ2v) is 4.62. The number of non-ortho nitro benzene ring substituents is 1. The first kappa shape index (κ1) is 15.9. The van der Waals surface area contributed by atoms with Gasteiger partial charge in [-0.2, -0.15) is 0 Å². The number of amides is 1. The molecule has 10 heteroatoms. The van der Waals surface area contributed by atoms with Gasteiger partial charge in [0.1, 0.15) is 17.9 Å². The number of aryl methyl sites for hydroxylation is 1. The quantitative estimate of drug-likeness (QED) is 0.528. The molecule has 1 heterocycles. The summed E-state index contributed by atoms with van der Waals surface area (Å²) in [5.74, 6) is -3.03. The number of aromatic hydroxyl groups is 1. The first-order valence-corrected chi connectivity index (χ1v) is 6.24. The average molecular weight is 321 g/mol. The highest BCUT2D eigenvalue weighted by atomic mass is 16.6. The lowest BCUT2D eigenvalue weighted by atomic mass is 10.1. The van der Waals surface area contributed by atoms with E-state index < -0.39 is 40.2 Å². The minimum absolute atomic E-state index is 0.0539. The Bertz CT molecular complexity index is 901. The Hall–Kier alpha value is -3.43. The molecule has 2 rings (SSSR count). The fraction of sp³-hybridized carbons (Fsp3) is 0.154. The number of nitrogens with one attached hydrogen (secondary N) is 1. The van der Waals surface area contributed by atoms with Gasteiger partial charge in [0.2, 0.25) is 0 Å². The third-order valence-corrected chi connectivity index (χ3v) is 3.19. The van der Waals surface area contributed by atoms with E-state index >= 15 is 0 Å². The third kappa shape index (κ3) is 2.81. The summed E-state index contributed by atoms with van der Waals surface area (Å²) in [6, 6.07) is 3.41. The molecule has 0 saturated carbocycles. The van der Waals surface area contributed by atoms with Gasteiger partial charge in [-0.3, -0.25) is 24.5 Å². The predicted octanol–water partition coefficient (Wildman–Crippen LogP) is -0.0333. The summed E-state index contributed by atoms with van der Waals surface area (Å²) in [6.07, 6.45) is 0. The molecule has 1 aromatic carbocycles. The van der Waals surface area contributed by atoms with Crippen LogP contribution in [0, 0.1) is 10.1 Å². The van der Waals surface area contributed by atoms with Gasteiger partial charge in [-0.05, 0) is 6.07 Å². The van der Waals surface area contributed by atoms with E-state index in [9.17, 15) is 29.6 Å². The number of hydrogen-bond donors (Lipinski definition) is 3. The maximum absolute atomic E-state index is 12.2. The number of carboxylic acid groups (broad SMARTS) is 1. The number of rotatable bonds is 4. The summed E-state index contributed by atoms with van der Waals surface area (Å²) in [5, 5.41) is 31.5. The highest BCUT2D eigenvalue weighted by Crippen LogP contribution is 2.28. The minimum Gasteiger partial charge on any atom is -0.506 e. The van der Waals surface area contributed by atoms with E-state index in [1.165, 1.54) is 13.1 Å². The van der Waals surface area contributed by atoms with Crippen molar-refractivity contribution in [3.63, 3.8) is 0 Å². The molecule has 0 aliphatic heterocycles. The first-order chi connectivity index (χ1) is 10.7. The zero-order valence-corrected chi connectivity index (χ0v) is 11.8. The van der Waals surface area contributed by atoms with Crippen molar-refractivity contribution in [2.45, 2.75) is 0 Å². The Balaban J connectivity index is 2.67. The summed E-state index contributed by atoms with van der Waals surface area (Å²) in [5.41, 5.74) is -1.75. The molecule has 0 saturated heterocycles. The van der Waals surface area contributed by atoms with Crippen LogP contribution in [-0.4, -0.2) is 38.1 Å². The van der Waals surface area contributed by atoms with Crippen LogP contribution in [0.1, 0.15) is 10.4 Å². The molecular formula is C13H11N3O7. The molecule has 0 bridgehead atoms. The van der Waals surface area contributed by atoms with E-state index in [1.807, 2.05) is 5.32 Å². The fourth-order valence-electron chi connectivity index (χ4n) is 2.07. The van der Waals surface area contributed by atoms with Crippen molar-refractivity contribution in [1.82, 2.24) is 9.88 Å². The van der Waals surface area contributed by atoms with Gasteiger partial charge >= 0.3 is 5.97 Å².